The maximum absolute atomic E-state index is 13.2. The number of hydrogen-bond acceptors (Lipinski definition) is 7. The Labute approximate surface area is 245 Å². The van der Waals surface area contributed by atoms with E-state index < -0.39 is 0 Å². The van der Waals surface area contributed by atoms with E-state index in [2.05, 4.69) is 44.1 Å². The van der Waals surface area contributed by atoms with Gasteiger partial charge in [-0.15, -0.1) is 0 Å². The first-order valence-corrected chi connectivity index (χ1v) is 14.4. The molecule has 1 saturated heterocycles. The SMILES string of the molecule is Cc1cnc2nc1Nc1ccc(NC(=O)CC3CCN(C(=O)c4ccc(N)cc4)CC3)c(c1)CCc1cccc(c1)N2. The molecule has 2 amide bonds. The lowest BCUT2D eigenvalue weighted by Crippen LogP contribution is -2.39. The molecule has 3 aromatic carbocycles. The normalized spacial score (nSPS) is 14.8. The van der Waals surface area contributed by atoms with Gasteiger partial charge in [0, 0.05) is 59.6 Å². The molecule has 5 N–H and O–H groups in total. The van der Waals surface area contributed by atoms with E-state index >= 15 is 0 Å². The minimum atomic E-state index is 0.000621. The van der Waals surface area contributed by atoms with Crippen LogP contribution in [0, 0.1) is 12.8 Å². The first-order valence-electron chi connectivity index (χ1n) is 14.4. The van der Waals surface area contributed by atoms with Crippen LogP contribution in [0.1, 0.15) is 46.3 Å². The predicted octanol–water partition coefficient (Wildman–Crippen LogP) is 5.83. The van der Waals surface area contributed by atoms with Gasteiger partial charge in [0.15, 0.2) is 0 Å². The number of rotatable bonds is 4. The van der Waals surface area contributed by atoms with Crippen molar-refractivity contribution in [3.63, 3.8) is 0 Å². The summed E-state index contributed by atoms with van der Waals surface area (Å²) in [6.07, 6.45) is 5.42. The number of piperidine rings is 1. The molecule has 0 aliphatic carbocycles. The molecule has 4 aromatic rings. The van der Waals surface area contributed by atoms with Crippen molar-refractivity contribution in [3.8, 4) is 0 Å². The van der Waals surface area contributed by atoms with Gasteiger partial charge < -0.3 is 26.6 Å². The number of benzene rings is 3. The highest BCUT2D eigenvalue weighted by Gasteiger charge is 2.25. The highest BCUT2D eigenvalue weighted by Crippen LogP contribution is 2.29. The summed E-state index contributed by atoms with van der Waals surface area (Å²) in [7, 11) is 0. The van der Waals surface area contributed by atoms with Crippen LogP contribution in [0.2, 0.25) is 0 Å². The number of aromatic nitrogens is 2. The van der Waals surface area contributed by atoms with E-state index in [0.717, 1.165) is 59.7 Å². The van der Waals surface area contributed by atoms with E-state index in [-0.39, 0.29) is 17.7 Å². The molecule has 0 atom stereocenters. The van der Waals surface area contributed by atoms with Gasteiger partial charge in [0.05, 0.1) is 0 Å². The van der Waals surface area contributed by atoms with E-state index in [1.807, 2.05) is 36.1 Å². The Balaban J connectivity index is 1.13. The van der Waals surface area contributed by atoms with Gasteiger partial charge in [0.2, 0.25) is 11.9 Å². The molecule has 0 spiro atoms. The number of anilines is 6. The fourth-order valence-electron chi connectivity index (χ4n) is 5.59. The van der Waals surface area contributed by atoms with Gasteiger partial charge in [-0.25, -0.2) is 4.98 Å². The van der Waals surface area contributed by atoms with Crippen LogP contribution in [0.4, 0.5) is 34.5 Å². The number of carbonyl (C=O) groups excluding carboxylic acids is 2. The lowest BCUT2D eigenvalue weighted by Gasteiger charge is -2.32. The molecular formula is C33H35N7O2. The molecule has 9 heteroatoms. The monoisotopic (exact) mass is 561 g/mol. The Hall–Kier alpha value is -4.92. The fraction of sp³-hybridized carbons (Fsp3) is 0.273. The number of fused-ring (bicyclic) bond motifs is 6. The number of nitrogens with zero attached hydrogens (tertiary/aromatic N) is 3. The van der Waals surface area contributed by atoms with Gasteiger partial charge in [-0.3, -0.25) is 9.59 Å². The van der Waals surface area contributed by atoms with Crippen molar-refractivity contribution in [1.82, 2.24) is 14.9 Å². The number of nitrogen functional groups attached to an aromatic ring is 1. The van der Waals surface area contributed by atoms with Crippen molar-refractivity contribution in [2.75, 3.05) is 34.8 Å². The highest BCUT2D eigenvalue weighted by atomic mass is 16.2. The molecule has 3 heterocycles. The summed E-state index contributed by atoms with van der Waals surface area (Å²) < 4.78 is 0. The molecule has 0 saturated carbocycles. The third-order valence-corrected chi connectivity index (χ3v) is 8.01. The van der Waals surface area contributed by atoms with Crippen LogP contribution >= 0.6 is 0 Å². The number of aryl methyl sites for hydroxylation is 3. The molecule has 1 aromatic heterocycles. The Kier molecular flexibility index (Phi) is 7.72. The number of nitrogens with two attached hydrogens (primary N) is 1. The Bertz CT molecular complexity index is 1610. The van der Waals surface area contributed by atoms with Crippen molar-refractivity contribution in [1.29, 1.82) is 0 Å². The minimum Gasteiger partial charge on any atom is -0.399 e. The Morgan fingerprint density at radius 3 is 2.57 bits per heavy atom. The van der Waals surface area contributed by atoms with Gasteiger partial charge in [0.25, 0.3) is 5.91 Å². The van der Waals surface area contributed by atoms with Crippen LogP contribution in [-0.4, -0.2) is 39.8 Å². The van der Waals surface area contributed by atoms with Gasteiger partial charge in [-0.05, 0) is 104 Å². The smallest absolute Gasteiger partial charge is 0.253 e. The molecule has 2 aliphatic rings. The Morgan fingerprint density at radius 1 is 0.976 bits per heavy atom. The van der Waals surface area contributed by atoms with E-state index in [0.29, 0.717) is 36.7 Å². The van der Waals surface area contributed by atoms with Gasteiger partial charge in [-0.2, -0.15) is 4.98 Å². The van der Waals surface area contributed by atoms with Crippen LogP contribution < -0.4 is 21.7 Å². The standard InChI is InChI=1S/C33H35N7O2/c1-21-20-35-33-37-27-4-2-3-22(17-27)5-6-25-19-28(36-31(21)39-33)11-12-29(25)38-30(41)18-23-13-15-40(16-14-23)32(42)24-7-9-26(34)10-8-24/h2-4,7-12,17,19-20,23H,5-6,13-16,18,34H2,1H3,(H,38,41)(H2,35,36,37,39). The molecule has 2 aliphatic heterocycles. The summed E-state index contributed by atoms with van der Waals surface area (Å²) in [5, 5.41) is 9.92. The number of hydrogen-bond donors (Lipinski definition) is 4. The Morgan fingerprint density at radius 2 is 1.76 bits per heavy atom. The molecule has 42 heavy (non-hydrogen) atoms. The third kappa shape index (κ3) is 6.35. The zero-order valence-electron chi connectivity index (χ0n) is 23.7. The summed E-state index contributed by atoms with van der Waals surface area (Å²) in [5.41, 5.74) is 12.9. The average Bonchev–Trinajstić information content (AvgIpc) is 2.99. The van der Waals surface area contributed by atoms with Crippen molar-refractivity contribution in [2.24, 2.45) is 5.92 Å². The number of carbonyl (C=O) groups is 2. The van der Waals surface area contributed by atoms with Crippen LogP contribution in [-0.2, 0) is 17.6 Å². The highest BCUT2D eigenvalue weighted by molar-refractivity contribution is 5.95. The van der Waals surface area contributed by atoms with E-state index in [1.165, 1.54) is 5.56 Å². The third-order valence-electron chi connectivity index (χ3n) is 8.01. The fourth-order valence-corrected chi connectivity index (χ4v) is 5.59. The minimum absolute atomic E-state index is 0.000621. The average molecular weight is 562 g/mol. The second-order valence-electron chi connectivity index (χ2n) is 11.2. The van der Waals surface area contributed by atoms with Crippen LogP contribution in [0.3, 0.4) is 0 Å². The summed E-state index contributed by atoms with van der Waals surface area (Å²) >= 11 is 0. The largest absolute Gasteiger partial charge is 0.399 e. The maximum Gasteiger partial charge on any atom is 0.253 e. The van der Waals surface area contributed by atoms with Crippen LogP contribution in [0.25, 0.3) is 0 Å². The van der Waals surface area contributed by atoms with Crippen molar-refractivity contribution in [2.45, 2.75) is 39.0 Å². The van der Waals surface area contributed by atoms with E-state index in [4.69, 9.17) is 5.73 Å². The molecule has 6 rings (SSSR count). The number of likely N-dealkylation sites (tertiary alicyclic amines) is 1. The molecular weight excluding hydrogens is 526 g/mol. The molecule has 6 bridgehead atoms. The van der Waals surface area contributed by atoms with Gasteiger partial charge in [-0.1, -0.05) is 12.1 Å². The first-order chi connectivity index (χ1) is 20.4. The molecule has 214 valence electrons. The maximum atomic E-state index is 13.2. The lowest BCUT2D eigenvalue weighted by atomic mass is 9.92. The van der Waals surface area contributed by atoms with Crippen molar-refractivity contribution < 1.29 is 9.59 Å². The van der Waals surface area contributed by atoms with Gasteiger partial charge in [0.1, 0.15) is 5.82 Å². The molecule has 0 unspecified atom stereocenters. The van der Waals surface area contributed by atoms with Crippen molar-refractivity contribution in [3.05, 3.63) is 95.2 Å². The number of nitrogens with one attached hydrogen (secondary N) is 3. The predicted molar refractivity (Wildman–Crippen MR) is 166 cm³/mol. The second-order valence-corrected chi connectivity index (χ2v) is 11.2. The van der Waals surface area contributed by atoms with E-state index in [1.54, 1.807) is 30.5 Å². The van der Waals surface area contributed by atoms with Gasteiger partial charge >= 0.3 is 0 Å². The first kappa shape index (κ1) is 27.3. The summed E-state index contributed by atoms with van der Waals surface area (Å²) in [6, 6.07) is 21.3. The summed E-state index contributed by atoms with van der Waals surface area (Å²) in [5.74, 6) is 1.51. The van der Waals surface area contributed by atoms with Crippen LogP contribution in [0.15, 0.2) is 72.9 Å². The number of amides is 2. The second kappa shape index (κ2) is 11.9. The summed E-state index contributed by atoms with van der Waals surface area (Å²) in [6.45, 7) is 3.26. The zero-order chi connectivity index (χ0) is 29.1. The van der Waals surface area contributed by atoms with Crippen LogP contribution in [0.5, 0.6) is 0 Å². The summed E-state index contributed by atoms with van der Waals surface area (Å²) in [4.78, 5) is 37.0. The van der Waals surface area contributed by atoms with Crippen molar-refractivity contribution >= 4 is 46.3 Å². The zero-order valence-corrected chi connectivity index (χ0v) is 23.7. The topological polar surface area (TPSA) is 125 Å². The van der Waals surface area contributed by atoms with E-state index in [9.17, 15) is 9.59 Å². The molecule has 0 radical (unpaired) electrons. The molecule has 9 nitrogen and oxygen atoms in total. The molecule has 1 fully saturated rings. The quantitative estimate of drug-likeness (QED) is 0.231. The lowest BCUT2D eigenvalue weighted by molar-refractivity contribution is -0.117.